The molecule has 3 nitrogen and oxygen atoms in total. The summed E-state index contributed by atoms with van der Waals surface area (Å²) < 4.78 is 0. The Morgan fingerprint density at radius 3 is 3.08 bits per heavy atom. The highest BCUT2D eigenvalue weighted by atomic mass is 15.1. The topological polar surface area (TPSA) is 48.8 Å². The van der Waals surface area contributed by atoms with Crippen LogP contribution in [0.15, 0.2) is 28.9 Å². The minimum absolute atomic E-state index is 0.636. The second-order valence-corrected chi connectivity index (χ2v) is 2.87. The van der Waals surface area contributed by atoms with Crippen molar-refractivity contribution < 1.29 is 0 Å². The van der Waals surface area contributed by atoms with Crippen LogP contribution in [0.1, 0.15) is 25.7 Å². The summed E-state index contributed by atoms with van der Waals surface area (Å²) in [6.07, 6.45) is 10.8. The number of rotatable bonds is 5. The fraction of sp³-hybridized carbons (Fsp3) is 0.556. The Labute approximate surface area is 72.4 Å². The van der Waals surface area contributed by atoms with Crippen LogP contribution in [0.2, 0.25) is 0 Å². The Kier molecular flexibility index (Phi) is 4.03. The quantitative estimate of drug-likeness (QED) is 0.258. The third-order valence-corrected chi connectivity index (χ3v) is 1.92. The van der Waals surface area contributed by atoms with Crippen LogP contribution in [0, 0.1) is 0 Å². The standard InChI is InChI=1S/C9H13N3/c10-12-11-8-4-3-7-9-5-1-2-6-9/h1-2,5H,3-4,6-8H2. The minimum atomic E-state index is 0.636. The van der Waals surface area contributed by atoms with Gasteiger partial charge in [-0.15, -0.1) is 0 Å². The molecule has 0 aromatic heterocycles. The molecule has 0 bridgehead atoms. The van der Waals surface area contributed by atoms with E-state index in [-0.39, 0.29) is 0 Å². The average Bonchev–Trinajstić information content (AvgIpc) is 2.57. The molecule has 1 aliphatic carbocycles. The van der Waals surface area contributed by atoms with E-state index in [1.54, 1.807) is 0 Å². The second-order valence-electron chi connectivity index (χ2n) is 2.87. The van der Waals surface area contributed by atoms with Crippen molar-refractivity contribution in [1.82, 2.24) is 0 Å². The fourth-order valence-corrected chi connectivity index (χ4v) is 1.26. The molecule has 0 saturated heterocycles. The Hall–Kier alpha value is -1.21. The van der Waals surface area contributed by atoms with Crippen molar-refractivity contribution >= 4 is 0 Å². The van der Waals surface area contributed by atoms with Crippen molar-refractivity contribution in [3.63, 3.8) is 0 Å². The van der Waals surface area contributed by atoms with Gasteiger partial charge in [0.2, 0.25) is 0 Å². The molecule has 0 spiro atoms. The molecule has 0 N–H and O–H groups in total. The highest BCUT2D eigenvalue weighted by Crippen LogP contribution is 2.16. The molecule has 64 valence electrons. The van der Waals surface area contributed by atoms with E-state index in [0.29, 0.717) is 6.54 Å². The molecule has 12 heavy (non-hydrogen) atoms. The molecule has 0 atom stereocenters. The second kappa shape index (κ2) is 5.44. The van der Waals surface area contributed by atoms with Gasteiger partial charge in [0.15, 0.2) is 0 Å². The lowest BCUT2D eigenvalue weighted by molar-refractivity contribution is 0.732. The van der Waals surface area contributed by atoms with Gasteiger partial charge in [-0.05, 0) is 31.2 Å². The number of hydrogen-bond donors (Lipinski definition) is 0. The first-order chi connectivity index (χ1) is 5.93. The molecule has 1 rings (SSSR count). The number of unbranched alkanes of at least 4 members (excludes halogenated alkanes) is 1. The number of nitrogens with zero attached hydrogens (tertiary/aromatic N) is 3. The van der Waals surface area contributed by atoms with Crippen LogP contribution < -0.4 is 0 Å². The predicted octanol–water partition coefficient (Wildman–Crippen LogP) is 3.35. The highest BCUT2D eigenvalue weighted by molar-refractivity contribution is 5.22. The van der Waals surface area contributed by atoms with Gasteiger partial charge in [0.05, 0.1) is 0 Å². The first-order valence-corrected chi connectivity index (χ1v) is 4.29. The molecule has 0 fully saturated rings. The molecule has 0 heterocycles. The van der Waals surface area contributed by atoms with E-state index in [0.717, 1.165) is 25.7 Å². The number of azide groups is 1. The fourth-order valence-electron chi connectivity index (χ4n) is 1.26. The first kappa shape index (κ1) is 8.88. The number of allylic oxidation sites excluding steroid dienone is 4. The number of hydrogen-bond acceptors (Lipinski definition) is 1. The largest absolute Gasteiger partial charge is 0.0940 e. The van der Waals surface area contributed by atoms with Gasteiger partial charge in [-0.3, -0.25) is 0 Å². The van der Waals surface area contributed by atoms with Gasteiger partial charge in [0.1, 0.15) is 0 Å². The van der Waals surface area contributed by atoms with E-state index in [1.807, 2.05) is 0 Å². The van der Waals surface area contributed by atoms with Gasteiger partial charge in [0.25, 0.3) is 0 Å². The Morgan fingerprint density at radius 1 is 1.50 bits per heavy atom. The van der Waals surface area contributed by atoms with Crippen LogP contribution >= 0.6 is 0 Å². The van der Waals surface area contributed by atoms with E-state index in [4.69, 9.17) is 5.53 Å². The Balaban J connectivity index is 1.99. The van der Waals surface area contributed by atoms with Crippen LogP contribution in [0.25, 0.3) is 10.4 Å². The van der Waals surface area contributed by atoms with Gasteiger partial charge in [0, 0.05) is 11.5 Å². The average molecular weight is 163 g/mol. The molecule has 0 saturated carbocycles. The van der Waals surface area contributed by atoms with E-state index < -0.39 is 0 Å². The molecule has 0 aromatic carbocycles. The van der Waals surface area contributed by atoms with Crippen molar-refractivity contribution in [2.75, 3.05) is 6.54 Å². The Bertz CT molecular complexity index is 234. The van der Waals surface area contributed by atoms with Crippen LogP contribution in [-0.4, -0.2) is 6.54 Å². The zero-order valence-electron chi connectivity index (χ0n) is 7.11. The monoisotopic (exact) mass is 163 g/mol. The first-order valence-electron chi connectivity index (χ1n) is 4.29. The molecule has 0 amide bonds. The molecule has 0 aromatic rings. The van der Waals surface area contributed by atoms with Gasteiger partial charge in [-0.1, -0.05) is 28.9 Å². The minimum Gasteiger partial charge on any atom is -0.0940 e. The third-order valence-electron chi connectivity index (χ3n) is 1.92. The summed E-state index contributed by atoms with van der Waals surface area (Å²) in [5, 5.41) is 3.48. The zero-order valence-corrected chi connectivity index (χ0v) is 7.11. The summed E-state index contributed by atoms with van der Waals surface area (Å²) in [5.41, 5.74) is 9.51. The van der Waals surface area contributed by atoms with Crippen LogP contribution in [0.3, 0.4) is 0 Å². The molecule has 0 radical (unpaired) electrons. The van der Waals surface area contributed by atoms with Crippen molar-refractivity contribution in [2.24, 2.45) is 5.11 Å². The molecular weight excluding hydrogens is 150 g/mol. The van der Waals surface area contributed by atoms with Gasteiger partial charge in [-0.25, -0.2) is 0 Å². The van der Waals surface area contributed by atoms with Crippen molar-refractivity contribution in [1.29, 1.82) is 0 Å². The maximum absolute atomic E-state index is 8.01. The lowest BCUT2D eigenvalue weighted by Crippen LogP contribution is -1.83. The smallest absolute Gasteiger partial charge is 0.0258 e. The van der Waals surface area contributed by atoms with Crippen LogP contribution in [0.5, 0.6) is 0 Å². The van der Waals surface area contributed by atoms with Gasteiger partial charge >= 0.3 is 0 Å². The predicted molar refractivity (Wildman–Crippen MR) is 49.7 cm³/mol. The van der Waals surface area contributed by atoms with Crippen molar-refractivity contribution in [2.45, 2.75) is 25.7 Å². The van der Waals surface area contributed by atoms with Crippen LogP contribution in [0.4, 0.5) is 0 Å². The van der Waals surface area contributed by atoms with E-state index >= 15 is 0 Å². The van der Waals surface area contributed by atoms with Crippen molar-refractivity contribution in [3.8, 4) is 0 Å². The summed E-state index contributed by atoms with van der Waals surface area (Å²) in [7, 11) is 0. The molecule has 1 aliphatic rings. The van der Waals surface area contributed by atoms with Gasteiger partial charge < -0.3 is 0 Å². The summed E-state index contributed by atoms with van der Waals surface area (Å²) >= 11 is 0. The Morgan fingerprint density at radius 2 is 2.42 bits per heavy atom. The summed E-state index contributed by atoms with van der Waals surface area (Å²) in [5.74, 6) is 0. The maximum atomic E-state index is 8.01. The molecule has 0 unspecified atom stereocenters. The highest BCUT2D eigenvalue weighted by Gasteiger charge is 1.97. The zero-order chi connectivity index (χ0) is 8.65. The van der Waals surface area contributed by atoms with Crippen molar-refractivity contribution in [3.05, 3.63) is 34.2 Å². The summed E-state index contributed by atoms with van der Waals surface area (Å²) in [4.78, 5) is 2.70. The van der Waals surface area contributed by atoms with E-state index in [2.05, 4.69) is 28.3 Å². The summed E-state index contributed by atoms with van der Waals surface area (Å²) in [6.45, 7) is 0.636. The lowest BCUT2D eigenvalue weighted by Gasteiger charge is -1.98. The maximum Gasteiger partial charge on any atom is 0.0258 e. The lowest BCUT2D eigenvalue weighted by atomic mass is 10.1. The normalized spacial score (nSPS) is 14.2. The molecular formula is C9H13N3. The summed E-state index contributed by atoms with van der Waals surface area (Å²) in [6, 6.07) is 0. The third kappa shape index (κ3) is 3.26. The SMILES string of the molecule is [N-]=[N+]=NCCCCC1=CC=CC1. The van der Waals surface area contributed by atoms with Crippen LogP contribution in [-0.2, 0) is 0 Å². The van der Waals surface area contributed by atoms with E-state index in [9.17, 15) is 0 Å². The molecule has 0 aliphatic heterocycles. The van der Waals surface area contributed by atoms with Gasteiger partial charge in [-0.2, -0.15) is 0 Å². The van der Waals surface area contributed by atoms with E-state index in [1.165, 1.54) is 5.57 Å². The molecule has 3 heteroatoms.